The van der Waals surface area contributed by atoms with Crippen LogP contribution in [0, 0.1) is 10.5 Å². The molecule has 6 heteroatoms. The van der Waals surface area contributed by atoms with Crippen molar-refractivity contribution in [2.75, 3.05) is 5.73 Å². The van der Waals surface area contributed by atoms with Crippen LogP contribution in [-0.4, -0.2) is 14.5 Å². The van der Waals surface area contributed by atoms with Crippen LogP contribution in [0.3, 0.4) is 0 Å². The Morgan fingerprint density at radius 2 is 2.18 bits per heavy atom. The zero-order valence-electron chi connectivity index (χ0n) is 9.22. The first-order valence-corrected chi connectivity index (χ1v) is 6.08. The highest BCUT2D eigenvalue weighted by atomic mass is 127. The van der Waals surface area contributed by atoms with Gasteiger partial charge in [0.25, 0.3) is 5.56 Å². The summed E-state index contributed by atoms with van der Waals surface area (Å²) in [4.78, 5) is 20.1. The number of nitrogens with two attached hydrogens (primary N) is 1. The highest BCUT2D eigenvalue weighted by Crippen LogP contribution is 2.05. The second kappa shape index (κ2) is 4.82. The molecule has 0 spiro atoms. The molecule has 0 atom stereocenters. The first-order valence-electron chi connectivity index (χ1n) is 5.00. The van der Waals surface area contributed by atoms with Crippen LogP contribution in [0.15, 0.2) is 29.5 Å². The predicted octanol–water partition coefficient (Wildman–Crippen LogP) is 1.18. The fourth-order valence-corrected chi connectivity index (χ4v) is 1.83. The summed E-state index contributed by atoms with van der Waals surface area (Å²) in [6, 6.07) is 3.56. The van der Waals surface area contributed by atoms with Crippen molar-refractivity contribution in [2.24, 2.45) is 0 Å². The number of halogens is 1. The van der Waals surface area contributed by atoms with Crippen LogP contribution >= 0.6 is 22.6 Å². The van der Waals surface area contributed by atoms with Crippen molar-refractivity contribution in [3.8, 4) is 0 Å². The highest BCUT2D eigenvalue weighted by Gasteiger charge is 2.05. The third-order valence-electron chi connectivity index (χ3n) is 2.36. The molecule has 2 N–H and O–H groups in total. The fraction of sp³-hybridized carbons (Fsp3) is 0.182. The first kappa shape index (κ1) is 12.0. The van der Waals surface area contributed by atoms with Gasteiger partial charge in [-0.2, -0.15) is 0 Å². The zero-order valence-corrected chi connectivity index (χ0v) is 11.4. The molecular formula is C11H11IN4O. The molecule has 0 aliphatic heterocycles. The Labute approximate surface area is 112 Å². The first-order chi connectivity index (χ1) is 8.08. The Morgan fingerprint density at radius 1 is 1.41 bits per heavy atom. The molecule has 0 saturated carbocycles. The molecule has 2 aromatic rings. The summed E-state index contributed by atoms with van der Waals surface area (Å²) in [5.41, 5.74) is 7.14. The van der Waals surface area contributed by atoms with E-state index in [9.17, 15) is 4.79 Å². The molecule has 2 rings (SSSR count). The van der Waals surface area contributed by atoms with Crippen molar-refractivity contribution in [2.45, 2.75) is 13.5 Å². The Kier molecular flexibility index (Phi) is 3.41. The molecule has 88 valence electrons. The molecule has 2 heterocycles. The third kappa shape index (κ3) is 2.63. The van der Waals surface area contributed by atoms with E-state index in [0.717, 1.165) is 11.3 Å². The summed E-state index contributed by atoms with van der Waals surface area (Å²) in [6.45, 7) is 2.27. The molecule has 5 nitrogen and oxygen atoms in total. The smallest absolute Gasteiger partial charge is 0.267 e. The van der Waals surface area contributed by atoms with E-state index in [1.807, 2.05) is 35.6 Å². The average molecular weight is 342 g/mol. The van der Waals surface area contributed by atoms with Crippen LogP contribution < -0.4 is 11.3 Å². The minimum atomic E-state index is -0.0325. The number of nitrogens with zero attached hydrogens (tertiary/aromatic N) is 3. The van der Waals surface area contributed by atoms with E-state index in [4.69, 9.17) is 5.73 Å². The third-order valence-corrected chi connectivity index (χ3v) is 3.60. The number of anilines is 1. The molecule has 0 saturated heterocycles. The normalized spacial score (nSPS) is 10.5. The van der Waals surface area contributed by atoms with E-state index in [1.165, 1.54) is 0 Å². The lowest BCUT2D eigenvalue weighted by Crippen LogP contribution is -2.24. The predicted molar refractivity (Wildman–Crippen MR) is 73.7 cm³/mol. The molecule has 0 amide bonds. The molecular weight excluding hydrogens is 331 g/mol. The van der Waals surface area contributed by atoms with Crippen molar-refractivity contribution in [1.29, 1.82) is 0 Å². The van der Waals surface area contributed by atoms with E-state index < -0.39 is 0 Å². The Hall–Kier alpha value is -1.44. The number of hydrogen-bond donors (Lipinski definition) is 1. The van der Waals surface area contributed by atoms with Crippen LogP contribution in [0.5, 0.6) is 0 Å². The average Bonchev–Trinajstić information content (AvgIpc) is 2.33. The Bertz CT molecular complexity index is 591. The van der Waals surface area contributed by atoms with Crippen LogP contribution in [0.4, 0.5) is 5.82 Å². The van der Waals surface area contributed by atoms with Crippen LogP contribution in [-0.2, 0) is 6.54 Å². The van der Waals surface area contributed by atoms with Gasteiger partial charge in [-0.25, -0.2) is 9.97 Å². The molecule has 0 aliphatic rings. The standard InChI is InChI=1S/C11H11IN4O/c1-7-10(12)11(17)16(6-15-7)5-8-2-3-9(13)14-4-8/h2-4,6H,5H2,1H3,(H2,13,14). The number of rotatable bonds is 2. The van der Waals surface area contributed by atoms with Gasteiger partial charge in [0.2, 0.25) is 0 Å². The van der Waals surface area contributed by atoms with Crippen molar-refractivity contribution in [3.63, 3.8) is 0 Å². The Morgan fingerprint density at radius 3 is 2.82 bits per heavy atom. The van der Waals surface area contributed by atoms with Gasteiger partial charge >= 0.3 is 0 Å². The largest absolute Gasteiger partial charge is 0.384 e. The van der Waals surface area contributed by atoms with E-state index in [2.05, 4.69) is 9.97 Å². The second-order valence-electron chi connectivity index (χ2n) is 3.67. The van der Waals surface area contributed by atoms with Gasteiger partial charge in [-0.1, -0.05) is 6.07 Å². The molecule has 0 aliphatic carbocycles. The number of nitrogen functional groups attached to an aromatic ring is 1. The van der Waals surface area contributed by atoms with Crippen LogP contribution in [0.25, 0.3) is 0 Å². The lowest BCUT2D eigenvalue weighted by molar-refractivity contribution is 0.721. The van der Waals surface area contributed by atoms with E-state index in [1.54, 1.807) is 23.2 Å². The van der Waals surface area contributed by atoms with Gasteiger partial charge < -0.3 is 5.73 Å². The molecule has 0 unspecified atom stereocenters. The number of hydrogen-bond acceptors (Lipinski definition) is 4. The number of aryl methyl sites for hydroxylation is 1. The van der Waals surface area contributed by atoms with Gasteiger partial charge in [0.15, 0.2) is 0 Å². The van der Waals surface area contributed by atoms with Gasteiger partial charge in [-0.05, 0) is 41.1 Å². The van der Waals surface area contributed by atoms with E-state index in [0.29, 0.717) is 15.9 Å². The summed E-state index contributed by atoms with van der Waals surface area (Å²) in [6.07, 6.45) is 3.21. The van der Waals surface area contributed by atoms with Crippen LogP contribution in [0.1, 0.15) is 11.3 Å². The van der Waals surface area contributed by atoms with Gasteiger partial charge in [-0.3, -0.25) is 9.36 Å². The van der Waals surface area contributed by atoms with Crippen LogP contribution in [0.2, 0.25) is 0 Å². The van der Waals surface area contributed by atoms with E-state index in [-0.39, 0.29) is 5.56 Å². The van der Waals surface area contributed by atoms with Gasteiger partial charge in [0.1, 0.15) is 5.82 Å². The van der Waals surface area contributed by atoms with Crippen molar-refractivity contribution < 1.29 is 0 Å². The summed E-state index contributed by atoms with van der Waals surface area (Å²) in [5.74, 6) is 0.470. The maximum absolute atomic E-state index is 11.9. The summed E-state index contributed by atoms with van der Waals surface area (Å²) in [7, 11) is 0. The lowest BCUT2D eigenvalue weighted by atomic mass is 10.3. The highest BCUT2D eigenvalue weighted by molar-refractivity contribution is 14.1. The monoisotopic (exact) mass is 342 g/mol. The van der Waals surface area contributed by atoms with Gasteiger partial charge in [0, 0.05) is 6.20 Å². The summed E-state index contributed by atoms with van der Waals surface area (Å²) in [5, 5.41) is 0. The molecule has 17 heavy (non-hydrogen) atoms. The minimum absolute atomic E-state index is 0.0325. The molecule has 0 bridgehead atoms. The molecule has 0 fully saturated rings. The minimum Gasteiger partial charge on any atom is -0.384 e. The number of aromatic nitrogens is 3. The maximum atomic E-state index is 11.9. The Balaban J connectivity index is 2.34. The van der Waals surface area contributed by atoms with Gasteiger partial charge in [0.05, 0.1) is 22.1 Å². The second-order valence-corrected chi connectivity index (χ2v) is 4.75. The summed E-state index contributed by atoms with van der Waals surface area (Å²) >= 11 is 2.01. The van der Waals surface area contributed by atoms with Crippen molar-refractivity contribution in [1.82, 2.24) is 14.5 Å². The van der Waals surface area contributed by atoms with Crippen molar-refractivity contribution in [3.05, 3.63) is 49.8 Å². The summed E-state index contributed by atoms with van der Waals surface area (Å²) < 4.78 is 2.20. The molecule has 2 aromatic heterocycles. The quantitative estimate of drug-likeness (QED) is 0.832. The SMILES string of the molecule is Cc1ncn(Cc2ccc(N)nc2)c(=O)c1I. The lowest BCUT2D eigenvalue weighted by Gasteiger charge is -2.06. The molecule has 0 aromatic carbocycles. The van der Waals surface area contributed by atoms with Gasteiger partial charge in [-0.15, -0.1) is 0 Å². The molecule has 0 radical (unpaired) electrons. The zero-order chi connectivity index (χ0) is 12.4. The van der Waals surface area contributed by atoms with Crippen molar-refractivity contribution >= 4 is 28.4 Å². The maximum Gasteiger partial charge on any atom is 0.267 e. The van der Waals surface area contributed by atoms with E-state index >= 15 is 0 Å². The number of pyridine rings is 1. The fourth-order valence-electron chi connectivity index (χ4n) is 1.39. The topological polar surface area (TPSA) is 73.8 Å².